The Morgan fingerprint density at radius 2 is 1.87 bits per heavy atom. The van der Waals surface area contributed by atoms with E-state index in [0.717, 1.165) is 6.42 Å². The second kappa shape index (κ2) is 8.25. The molecule has 8 nitrogen and oxygen atoms in total. The average Bonchev–Trinajstić information content (AvgIpc) is 3.40. The first kappa shape index (κ1) is 20.1. The summed E-state index contributed by atoms with van der Waals surface area (Å²) in [5.74, 6) is -0.595. The number of fused-ring (bicyclic) bond motifs is 5. The minimum atomic E-state index is -0.433. The van der Waals surface area contributed by atoms with E-state index in [4.69, 9.17) is 0 Å². The number of halogens is 1. The van der Waals surface area contributed by atoms with Crippen molar-refractivity contribution in [2.45, 2.75) is 6.42 Å². The van der Waals surface area contributed by atoms with Crippen LogP contribution in [-0.4, -0.2) is 55.3 Å². The summed E-state index contributed by atoms with van der Waals surface area (Å²) in [6, 6.07) is 5.63. The fourth-order valence-electron chi connectivity index (χ4n) is 4.63. The fraction of sp³-hybridized carbons (Fsp3) is 0.429. The summed E-state index contributed by atoms with van der Waals surface area (Å²) in [7, 11) is 1.56. The highest BCUT2D eigenvalue weighted by Gasteiger charge is 2.58. The minimum absolute atomic E-state index is 0.0725. The number of carbonyl (C=O) groups excluding carboxylic acids is 3. The average molecular weight is 413 g/mol. The number of rotatable bonds is 6. The van der Waals surface area contributed by atoms with E-state index in [-0.39, 0.29) is 54.5 Å². The number of guanidine groups is 1. The quantitative estimate of drug-likeness (QED) is 0.276. The van der Waals surface area contributed by atoms with Gasteiger partial charge in [-0.05, 0) is 36.5 Å². The van der Waals surface area contributed by atoms with Crippen LogP contribution in [0, 0.1) is 29.5 Å². The van der Waals surface area contributed by atoms with E-state index in [2.05, 4.69) is 33.1 Å². The Labute approximate surface area is 173 Å². The first-order valence-corrected chi connectivity index (χ1v) is 10.0. The number of hydrogen-bond acceptors (Lipinski definition) is 4. The number of carbonyl (C=O) groups is 3. The molecule has 0 radical (unpaired) electrons. The Balaban J connectivity index is 1.22. The highest BCUT2D eigenvalue weighted by molar-refractivity contribution is 6.06. The molecular weight excluding hydrogens is 389 g/mol. The maximum Gasteiger partial charge on any atom is 0.243 e. The number of likely N-dealkylation sites (tertiary alicyclic amines) is 1. The van der Waals surface area contributed by atoms with Crippen LogP contribution in [0.1, 0.15) is 6.42 Å². The number of nitrogens with zero attached hydrogens (tertiary/aromatic N) is 2. The summed E-state index contributed by atoms with van der Waals surface area (Å²) < 4.78 is 13.2. The molecule has 158 valence electrons. The largest absolute Gasteiger partial charge is 0.355 e. The number of aliphatic imine (C=N–C) groups is 1. The second-order valence-electron chi connectivity index (χ2n) is 7.74. The molecule has 1 heterocycles. The molecule has 2 bridgehead atoms. The first-order valence-electron chi connectivity index (χ1n) is 10.0. The van der Waals surface area contributed by atoms with E-state index in [1.807, 2.05) is 0 Å². The molecular formula is C21H24FN5O3. The van der Waals surface area contributed by atoms with Crippen molar-refractivity contribution in [3.8, 4) is 0 Å². The molecule has 0 aromatic heterocycles. The Morgan fingerprint density at radius 1 is 1.17 bits per heavy atom. The van der Waals surface area contributed by atoms with Crippen molar-refractivity contribution in [1.29, 1.82) is 0 Å². The number of imide groups is 1. The topological polar surface area (TPSA) is 103 Å². The minimum Gasteiger partial charge on any atom is -0.355 e. The lowest BCUT2D eigenvalue weighted by atomic mass is 9.85. The molecule has 1 saturated heterocycles. The molecule has 1 saturated carbocycles. The van der Waals surface area contributed by atoms with Gasteiger partial charge in [-0.2, -0.15) is 0 Å². The summed E-state index contributed by atoms with van der Waals surface area (Å²) in [5.41, 5.74) is 0.366. The number of allylic oxidation sites excluding steroid dienone is 2. The van der Waals surface area contributed by atoms with Gasteiger partial charge in [-0.3, -0.25) is 24.3 Å². The van der Waals surface area contributed by atoms with Crippen LogP contribution in [0.4, 0.5) is 10.1 Å². The van der Waals surface area contributed by atoms with Gasteiger partial charge in [0.05, 0.1) is 18.4 Å². The van der Waals surface area contributed by atoms with Crippen molar-refractivity contribution in [3.63, 3.8) is 0 Å². The predicted octanol–water partition coefficient (Wildman–Crippen LogP) is 0.736. The standard InChI is InChI=1S/C21H24FN5O3/c1-23-21(25-11-16(28)26-15-4-2-3-14(22)10-15)24-7-8-27-19(29)17-12-5-6-13(9-12)18(17)20(27)30/h2-6,10,12-13,17-18H,7-9,11H2,1H3,(H,26,28)(H2,23,24,25). The van der Waals surface area contributed by atoms with Crippen LogP contribution in [0.2, 0.25) is 0 Å². The van der Waals surface area contributed by atoms with Crippen molar-refractivity contribution in [2.24, 2.45) is 28.7 Å². The Kier molecular flexibility index (Phi) is 5.52. The van der Waals surface area contributed by atoms with Crippen LogP contribution in [0.15, 0.2) is 41.4 Å². The number of anilines is 1. The Bertz CT molecular complexity index is 901. The van der Waals surface area contributed by atoms with Gasteiger partial charge in [0.25, 0.3) is 0 Å². The number of benzene rings is 1. The van der Waals surface area contributed by atoms with Gasteiger partial charge < -0.3 is 16.0 Å². The molecule has 2 fully saturated rings. The smallest absolute Gasteiger partial charge is 0.243 e. The molecule has 0 spiro atoms. The van der Waals surface area contributed by atoms with Gasteiger partial charge in [-0.15, -0.1) is 0 Å². The highest BCUT2D eigenvalue weighted by Crippen LogP contribution is 2.52. The van der Waals surface area contributed by atoms with E-state index >= 15 is 0 Å². The van der Waals surface area contributed by atoms with Gasteiger partial charge >= 0.3 is 0 Å². The fourth-order valence-corrected chi connectivity index (χ4v) is 4.63. The predicted molar refractivity (Wildman–Crippen MR) is 109 cm³/mol. The maximum absolute atomic E-state index is 13.2. The zero-order valence-electron chi connectivity index (χ0n) is 16.6. The number of amides is 3. The molecule has 2 aliphatic carbocycles. The Hall–Kier alpha value is -3.23. The van der Waals surface area contributed by atoms with Crippen molar-refractivity contribution < 1.29 is 18.8 Å². The Morgan fingerprint density at radius 3 is 2.50 bits per heavy atom. The number of hydrogen-bond donors (Lipinski definition) is 3. The summed E-state index contributed by atoms with van der Waals surface area (Å²) >= 11 is 0. The lowest BCUT2D eigenvalue weighted by Gasteiger charge is -2.18. The molecule has 1 aromatic rings. The van der Waals surface area contributed by atoms with Crippen LogP contribution < -0.4 is 16.0 Å². The zero-order chi connectivity index (χ0) is 21.3. The van der Waals surface area contributed by atoms with Crippen molar-refractivity contribution in [1.82, 2.24) is 15.5 Å². The van der Waals surface area contributed by atoms with Gasteiger partial charge in [0, 0.05) is 25.8 Å². The second-order valence-corrected chi connectivity index (χ2v) is 7.74. The van der Waals surface area contributed by atoms with Crippen LogP contribution >= 0.6 is 0 Å². The van der Waals surface area contributed by atoms with Gasteiger partial charge in [0.2, 0.25) is 17.7 Å². The molecule has 3 N–H and O–H groups in total. The zero-order valence-corrected chi connectivity index (χ0v) is 16.6. The van der Waals surface area contributed by atoms with Crippen molar-refractivity contribution in [2.75, 3.05) is 32.0 Å². The van der Waals surface area contributed by atoms with E-state index in [0.29, 0.717) is 18.2 Å². The normalized spacial score (nSPS) is 26.9. The van der Waals surface area contributed by atoms with E-state index in [1.54, 1.807) is 13.1 Å². The third kappa shape index (κ3) is 3.79. The van der Waals surface area contributed by atoms with E-state index in [1.165, 1.54) is 23.1 Å². The molecule has 1 aromatic carbocycles. The SMILES string of the molecule is CN=C(NCCN1C(=O)C2C3C=CC(C3)C2C1=O)NCC(=O)Nc1cccc(F)c1. The van der Waals surface area contributed by atoms with Crippen LogP contribution in [0.3, 0.4) is 0 Å². The van der Waals surface area contributed by atoms with Crippen molar-refractivity contribution in [3.05, 3.63) is 42.2 Å². The van der Waals surface area contributed by atoms with E-state index < -0.39 is 5.82 Å². The molecule has 4 rings (SSSR count). The third-order valence-corrected chi connectivity index (χ3v) is 5.94. The van der Waals surface area contributed by atoms with E-state index in [9.17, 15) is 18.8 Å². The monoisotopic (exact) mass is 413 g/mol. The summed E-state index contributed by atoms with van der Waals surface area (Å²) in [6.07, 6.45) is 5.05. The molecule has 3 amide bonds. The molecule has 30 heavy (non-hydrogen) atoms. The van der Waals surface area contributed by atoms with Gasteiger partial charge in [-0.1, -0.05) is 18.2 Å². The van der Waals surface area contributed by atoms with Gasteiger partial charge in [0.15, 0.2) is 5.96 Å². The molecule has 1 aliphatic heterocycles. The summed E-state index contributed by atoms with van der Waals surface area (Å²) in [5, 5.41) is 8.44. The first-order chi connectivity index (χ1) is 14.5. The van der Waals surface area contributed by atoms with Crippen LogP contribution in [0.5, 0.6) is 0 Å². The van der Waals surface area contributed by atoms with Gasteiger partial charge in [0.1, 0.15) is 5.82 Å². The molecule has 4 unspecified atom stereocenters. The third-order valence-electron chi connectivity index (χ3n) is 5.94. The molecule has 9 heteroatoms. The van der Waals surface area contributed by atoms with Crippen LogP contribution in [-0.2, 0) is 14.4 Å². The lowest BCUT2D eigenvalue weighted by Crippen LogP contribution is -2.45. The number of nitrogens with one attached hydrogen (secondary N) is 3. The summed E-state index contributed by atoms with van der Waals surface area (Å²) in [6.45, 7) is 0.502. The van der Waals surface area contributed by atoms with Gasteiger partial charge in [-0.25, -0.2) is 4.39 Å². The lowest BCUT2D eigenvalue weighted by molar-refractivity contribution is -0.140. The molecule has 4 atom stereocenters. The highest BCUT2D eigenvalue weighted by atomic mass is 19.1. The molecule has 3 aliphatic rings. The summed E-state index contributed by atoms with van der Waals surface area (Å²) in [4.78, 5) is 42.7. The van der Waals surface area contributed by atoms with Crippen LogP contribution in [0.25, 0.3) is 0 Å². The van der Waals surface area contributed by atoms with Crippen molar-refractivity contribution >= 4 is 29.4 Å². The maximum atomic E-state index is 13.2.